The van der Waals surface area contributed by atoms with Crippen molar-refractivity contribution in [2.24, 2.45) is 29.1 Å². The number of allylic oxidation sites excluding steroid dienone is 3. The Morgan fingerprint density at radius 3 is 2.59 bits per heavy atom. The summed E-state index contributed by atoms with van der Waals surface area (Å²) in [7, 11) is 0. The summed E-state index contributed by atoms with van der Waals surface area (Å²) in [6, 6.07) is 0. The van der Waals surface area contributed by atoms with Gasteiger partial charge in [0.1, 0.15) is 0 Å². The van der Waals surface area contributed by atoms with Crippen molar-refractivity contribution in [3.05, 3.63) is 35.5 Å². The van der Waals surface area contributed by atoms with Gasteiger partial charge in [-0.1, -0.05) is 57.9 Å². The fourth-order valence-corrected chi connectivity index (χ4v) is 7.32. The average Bonchev–Trinajstić information content (AvgIpc) is 3.06. The van der Waals surface area contributed by atoms with Crippen molar-refractivity contribution in [1.29, 1.82) is 0 Å². The minimum absolute atomic E-state index is 0.0984. The van der Waals surface area contributed by atoms with Gasteiger partial charge in [-0.05, 0) is 99.5 Å². The SMILES string of the molecule is C=C1/C(=C\C=C2/CCC[C@]3(C)C([C@H](C)CCCC(C)(C)O)CC[C@@H]23)C[C@@H](O)[C@H](CC)[C@@H]1O. The molecule has 3 N–H and O–H groups in total. The highest BCUT2D eigenvalue weighted by molar-refractivity contribution is 5.39. The number of aliphatic hydroxyl groups is 3. The van der Waals surface area contributed by atoms with Crippen molar-refractivity contribution >= 4 is 0 Å². The van der Waals surface area contributed by atoms with Gasteiger partial charge in [-0.15, -0.1) is 0 Å². The molecule has 0 bridgehead atoms. The highest BCUT2D eigenvalue weighted by Gasteiger charge is 2.50. The Morgan fingerprint density at radius 1 is 1.22 bits per heavy atom. The molecule has 3 saturated carbocycles. The summed E-state index contributed by atoms with van der Waals surface area (Å²) in [5.41, 5.74) is 3.18. The molecule has 0 amide bonds. The maximum absolute atomic E-state index is 10.6. The first-order valence-corrected chi connectivity index (χ1v) is 13.1. The first-order chi connectivity index (χ1) is 15.0. The van der Waals surface area contributed by atoms with E-state index in [9.17, 15) is 15.3 Å². The zero-order chi connectivity index (χ0) is 23.7. The van der Waals surface area contributed by atoms with Crippen molar-refractivity contribution in [1.82, 2.24) is 0 Å². The summed E-state index contributed by atoms with van der Waals surface area (Å²) in [6.07, 6.45) is 14.2. The summed E-state index contributed by atoms with van der Waals surface area (Å²) in [4.78, 5) is 0. The highest BCUT2D eigenvalue weighted by Crippen LogP contribution is 2.60. The highest BCUT2D eigenvalue weighted by atomic mass is 16.3. The lowest BCUT2D eigenvalue weighted by atomic mass is 9.60. The van der Waals surface area contributed by atoms with Crippen LogP contribution >= 0.6 is 0 Å². The van der Waals surface area contributed by atoms with Crippen molar-refractivity contribution < 1.29 is 15.3 Å². The Kier molecular flexibility index (Phi) is 8.16. The van der Waals surface area contributed by atoms with Crippen LogP contribution in [0.25, 0.3) is 0 Å². The number of hydrogen-bond donors (Lipinski definition) is 3. The molecule has 0 aliphatic heterocycles. The molecule has 1 unspecified atom stereocenters. The second-order valence-corrected chi connectivity index (χ2v) is 12.0. The van der Waals surface area contributed by atoms with Crippen LogP contribution < -0.4 is 0 Å². The number of rotatable bonds is 7. The molecule has 3 aliphatic carbocycles. The number of fused-ring (bicyclic) bond motifs is 1. The smallest absolute Gasteiger partial charge is 0.0839 e. The van der Waals surface area contributed by atoms with Crippen LogP contribution in [0.2, 0.25) is 0 Å². The van der Waals surface area contributed by atoms with E-state index in [0.717, 1.165) is 36.3 Å². The molecular weight excluding hydrogens is 396 g/mol. The van der Waals surface area contributed by atoms with Gasteiger partial charge < -0.3 is 15.3 Å². The zero-order valence-corrected chi connectivity index (χ0v) is 21.2. The summed E-state index contributed by atoms with van der Waals surface area (Å²) in [5, 5.41) is 31.1. The lowest BCUT2D eigenvalue weighted by Crippen LogP contribution is -2.38. The van der Waals surface area contributed by atoms with Gasteiger partial charge in [0.25, 0.3) is 0 Å². The summed E-state index contributed by atoms with van der Waals surface area (Å²) < 4.78 is 0. The van der Waals surface area contributed by atoms with Crippen molar-refractivity contribution in [2.45, 2.75) is 117 Å². The van der Waals surface area contributed by atoms with Crippen LogP contribution in [-0.4, -0.2) is 33.1 Å². The van der Waals surface area contributed by atoms with Crippen LogP contribution in [0.5, 0.6) is 0 Å². The Morgan fingerprint density at radius 2 is 1.94 bits per heavy atom. The lowest BCUT2D eigenvalue weighted by molar-refractivity contribution is 0.0167. The molecule has 7 atom stereocenters. The van der Waals surface area contributed by atoms with E-state index in [1.54, 1.807) is 5.57 Å². The molecule has 0 radical (unpaired) electrons. The molecule has 0 aromatic rings. The summed E-state index contributed by atoms with van der Waals surface area (Å²) in [5.74, 6) is 1.99. The Labute approximate surface area is 196 Å². The number of aliphatic hydroxyl groups excluding tert-OH is 2. The maximum Gasteiger partial charge on any atom is 0.0839 e. The topological polar surface area (TPSA) is 60.7 Å². The Hall–Kier alpha value is -0.900. The molecule has 3 rings (SSSR count). The van der Waals surface area contributed by atoms with E-state index in [1.807, 2.05) is 20.8 Å². The maximum atomic E-state index is 10.6. The molecular formula is C29H48O3. The van der Waals surface area contributed by atoms with Crippen molar-refractivity contribution in [3.8, 4) is 0 Å². The Balaban J connectivity index is 1.71. The fraction of sp³-hybridized carbons (Fsp3) is 0.793. The van der Waals surface area contributed by atoms with E-state index in [-0.39, 0.29) is 5.92 Å². The lowest BCUT2D eigenvalue weighted by Gasteiger charge is -2.44. The van der Waals surface area contributed by atoms with Gasteiger partial charge in [0, 0.05) is 5.92 Å². The van der Waals surface area contributed by atoms with Gasteiger partial charge in [-0.2, -0.15) is 0 Å². The Bertz CT molecular complexity index is 727. The van der Waals surface area contributed by atoms with Crippen LogP contribution in [0, 0.1) is 29.1 Å². The van der Waals surface area contributed by atoms with Gasteiger partial charge in [-0.25, -0.2) is 0 Å². The van der Waals surface area contributed by atoms with Crippen molar-refractivity contribution in [2.75, 3.05) is 0 Å². The monoisotopic (exact) mass is 444 g/mol. The third-order valence-electron chi connectivity index (χ3n) is 9.24. The zero-order valence-electron chi connectivity index (χ0n) is 21.2. The van der Waals surface area contributed by atoms with Gasteiger partial charge in [0.2, 0.25) is 0 Å². The van der Waals surface area contributed by atoms with Crippen LogP contribution in [0.15, 0.2) is 35.5 Å². The minimum Gasteiger partial charge on any atom is -0.392 e. The van der Waals surface area contributed by atoms with Crippen LogP contribution in [0.4, 0.5) is 0 Å². The molecule has 182 valence electrons. The van der Waals surface area contributed by atoms with Gasteiger partial charge >= 0.3 is 0 Å². The van der Waals surface area contributed by atoms with Crippen LogP contribution in [0.3, 0.4) is 0 Å². The van der Waals surface area contributed by atoms with Crippen LogP contribution in [0.1, 0.15) is 98.8 Å². The largest absolute Gasteiger partial charge is 0.392 e. The molecule has 0 saturated heterocycles. The second kappa shape index (κ2) is 10.2. The predicted molar refractivity (Wildman–Crippen MR) is 133 cm³/mol. The van der Waals surface area contributed by atoms with Crippen LogP contribution in [-0.2, 0) is 0 Å². The molecule has 3 fully saturated rings. The standard InChI is InChI=1S/C29H48O3/c1-7-23-26(30)18-22(20(3)27(23)31)13-12-21-11-9-17-29(6)24(14-15-25(21)29)19(2)10-8-16-28(4,5)32/h12-13,19,23-27,30-32H,3,7-11,14-18H2,1-2,4-6H3/b21-12+,22-13-/t19-,23+,24?,25+,26-,27-,29-/m1/s1. The fourth-order valence-electron chi connectivity index (χ4n) is 7.32. The molecule has 3 heteroatoms. The average molecular weight is 445 g/mol. The predicted octanol–water partition coefficient (Wildman–Crippen LogP) is 6.34. The molecule has 3 aliphatic rings. The normalized spacial score (nSPS) is 39.5. The molecule has 3 nitrogen and oxygen atoms in total. The third-order valence-corrected chi connectivity index (χ3v) is 9.24. The second-order valence-electron chi connectivity index (χ2n) is 12.0. The van der Waals surface area contributed by atoms with E-state index in [1.165, 1.54) is 38.5 Å². The van der Waals surface area contributed by atoms with E-state index >= 15 is 0 Å². The summed E-state index contributed by atoms with van der Waals surface area (Å²) in [6.45, 7) is 15.0. The minimum atomic E-state index is -0.634. The summed E-state index contributed by atoms with van der Waals surface area (Å²) >= 11 is 0. The molecule has 0 spiro atoms. The van der Waals surface area contributed by atoms with Gasteiger partial charge in [-0.3, -0.25) is 0 Å². The van der Waals surface area contributed by atoms with E-state index in [2.05, 4.69) is 32.6 Å². The molecule has 32 heavy (non-hydrogen) atoms. The first kappa shape index (κ1) is 25.7. The molecule has 0 aromatic carbocycles. The quantitative estimate of drug-likeness (QED) is 0.429. The molecule has 0 aromatic heterocycles. The van der Waals surface area contributed by atoms with E-state index < -0.39 is 17.8 Å². The van der Waals surface area contributed by atoms with Gasteiger partial charge in [0.05, 0.1) is 17.8 Å². The third kappa shape index (κ3) is 5.42. The number of hydrogen-bond acceptors (Lipinski definition) is 3. The molecule has 0 heterocycles. The van der Waals surface area contributed by atoms with Gasteiger partial charge in [0.15, 0.2) is 0 Å². The van der Waals surface area contributed by atoms with E-state index in [0.29, 0.717) is 23.7 Å². The van der Waals surface area contributed by atoms with Crippen molar-refractivity contribution in [3.63, 3.8) is 0 Å². The van der Waals surface area contributed by atoms with E-state index in [4.69, 9.17) is 0 Å². The first-order valence-electron chi connectivity index (χ1n) is 13.1.